The van der Waals surface area contributed by atoms with E-state index in [1.165, 1.54) is 0 Å². The zero-order valence-corrected chi connectivity index (χ0v) is 13.0. The molecular weight excluding hydrogens is 276 g/mol. The summed E-state index contributed by atoms with van der Waals surface area (Å²) in [6, 6.07) is 13.5. The van der Waals surface area contributed by atoms with Crippen LogP contribution in [0.5, 0.6) is 11.5 Å². The van der Waals surface area contributed by atoms with Crippen molar-refractivity contribution in [1.29, 1.82) is 0 Å². The van der Waals surface area contributed by atoms with Gasteiger partial charge in [0.15, 0.2) is 0 Å². The average molecular weight is 296 g/mol. The molecule has 0 N–H and O–H groups in total. The number of ether oxygens (including phenoxy) is 2. The van der Waals surface area contributed by atoms with Crippen LogP contribution in [0.1, 0.15) is 41.8 Å². The largest absolute Gasteiger partial charge is 0.462 e. The van der Waals surface area contributed by atoms with Crippen molar-refractivity contribution in [2.24, 2.45) is 5.92 Å². The monoisotopic (exact) mass is 296 g/mol. The molecule has 114 valence electrons. The third-order valence-corrected chi connectivity index (χ3v) is 3.84. The maximum absolute atomic E-state index is 12.3. The number of carbonyl (C=O) groups excluding carboxylic acids is 1. The van der Waals surface area contributed by atoms with Crippen LogP contribution in [0, 0.1) is 5.92 Å². The van der Waals surface area contributed by atoms with Crippen LogP contribution in [0.3, 0.4) is 0 Å². The molecule has 0 fully saturated rings. The van der Waals surface area contributed by atoms with Gasteiger partial charge in [0.2, 0.25) is 0 Å². The summed E-state index contributed by atoms with van der Waals surface area (Å²) < 4.78 is 11.3. The highest BCUT2D eigenvalue weighted by Crippen LogP contribution is 2.37. The average Bonchev–Trinajstić information content (AvgIpc) is 2.51. The minimum atomic E-state index is -0.263. The van der Waals surface area contributed by atoms with Crippen LogP contribution in [0.25, 0.3) is 0 Å². The summed E-state index contributed by atoms with van der Waals surface area (Å²) in [5, 5.41) is 0. The van der Waals surface area contributed by atoms with E-state index in [4.69, 9.17) is 9.47 Å². The molecule has 2 aromatic rings. The molecule has 0 saturated heterocycles. The lowest BCUT2D eigenvalue weighted by Crippen LogP contribution is -2.13. The Hall–Kier alpha value is -2.29. The molecule has 1 heterocycles. The molecule has 0 unspecified atom stereocenters. The number of carbonyl (C=O) groups is 1. The molecule has 0 spiro atoms. The van der Waals surface area contributed by atoms with E-state index >= 15 is 0 Å². The van der Waals surface area contributed by atoms with Gasteiger partial charge in [0.25, 0.3) is 0 Å². The van der Waals surface area contributed by atoms with Gasteiger partial charge in [-0.2, -0.15) is 0 Å². The number of rotatable bonds is 4. The van der Waals surface area contributed by atoms with E-state index in [0.29, 0.717) is 24.5 Å². The van der Waals surface area contributed by atoms with Crippen LogP contribution in [0.15, 0.2) is 42.5 Å². The van der Waals surface area contributed by atoms with Gasteiger partial charge in [-0.15, -0.1) is 0 Å². The summed E-state index contributed by atoms with van der Waals surface area (Å²) in [4.78, 5) is 12.3. The molecule has 1 aliphatic rings. The summed E-state index contributed by atoms with van der Waals surface area (Å²) in [5.41, 5.74) is 2.61. The third-order valence-electron chi connectivity index (χ3n) is 3.84. The lowest BCUT2D eigenvalue weighted by Gasteiger charge is -2.22. The van der Waals surface area contributed by atoms with E-state index in [2.05, 4.69) is 13.8 Å². The molecular formula is C19H20O3. The summed E-state index contributed by atoms with van der Waals surface area (Å²) in [6.07, 6.45) is 1.57. The Morgan fingerprint density at radius 2 is 1.91 bits per heavy atom. The molecule has 1 aliphatic heterocycles. The van der Waals surface area contributed by atoms with Crippen LogP contribution in [0.4, 0.5) is 0 Å². The van der Waals surface area contributed by atoms with Crippen molar-refractivity contribution < 1.29 is 14.3 Å². The van der Waals surface area contributed by atoms with Gasteiger partial charge in [-0.1, -0.05) is 38.1 Å². The Morgan fingerprint density at radius 1 is 1.14 bits per heavy atom. The quantitative estimate of drug-likeness (QED) is 0.661. The van der Waals surface area contributed by atoms with Gasteiger partial charge < -0.3 is 9.47 Å². The smallest absolute Gasteiger partial charge is 0.338 e. The van der Waals surface area contributed by atoms with Crippen LogP contribution < -0.4 is 4.74 Å². The third kappa shape index (κ3) is 2.98. The van der Waals surface area contributed by atoms with E-state index in [9.17, 15) is 4.79 Å². The van der Waals surface area contributed by atoms with Crippen molar-refractivity contribution in [3.05, 3.63) is 59.2 Å². The van der Waals surface area contributed by atoms with Gasteiger partial charge in [-0.3, -0.25) is 0 Å². The molecule has 0 bridgehead atoms. The number of fused-ring (bicyclic) bond motifs is 2. The Balaban J connectivity index is 1.82. The predicted molar refractivity (Wildman–Crippen MR) is 85.5 cm³/mol. The maximum atomic E-state index is 12.3. The van der Waals surface area contributed by atoms with Gasteiger partial charge in [0.1, 0.15) is 11.5 Å². The fourth-order valence-corrected chi connectivity index (χ4v) is 2.56. The molecule has 3 nitrogen and oxygen atoms in total. The Kier molecular flexibility index (Phi) is 4.14. The van der Waals surface area contributed by atoms with Crippen LogP contribution >= 0.6 is 0 Å². The van der Waals surface area contributed by atoms with Crippen molar-refractivity contribution >= 4 is 5.97 Å². The second-order valence-electron chi connectivity index (χ2n) is 5.99. The van der Waals surface area contributed by atoms with Crippen molar-refractivity contribution in [1.82, 2.24) is 0 Å². The first kappa shape index (κ1) is 14.6. The maximum Gasteiger partial charge on any atom is 0.338 e. The summed E-state index contributed by atoms with van der Waals surface area (Å²) in [6.45, 7) is 4.68. The number of hydrogen-bond donors (Lipinski definition) is 0. The molecule has 3 heteroatoms. The van der Waals surface area contributed by atoms with Gasteiger partial charge in [-0.25, -0.2) is 4.79 Å². The minimum Gasteiger partial charge on any atom is -0.462 e. The molecule has 0 aromatic heterocycles. The van der Waals surface area contributed by atoms with Crippen LogP contribution in [-0.2, 0) is 11.2 Å². The van der Waals surface area contributed by atoms with E-state index in [1.54, 1.807) is 0 Å². The van der Waals surface area contributed by atoms with Crippen LogP contribution in [0.2, 0.25) is 0 Å². The Morgan fingerprint density at radius 3 is 2.73 bits per heavy atom. The Bertz CT molecular complexity index is 689. The highest BCUT2D eigenvalue weighted by Gasteiger charge is 2.22. The minimum absolute atomic E-state index is 0.263. The van der Waals surface area contributed by atoms with Gasteiger partial charge in [-0.05, 0) is 36.1 Å². The zero-order valence-electron chi connectivity index (χ0n) is 13.0. The topological polar surface area (TPSA) is 35.5 Å². The van der Waals surface area contributed by atoms with Crippen molar-refractivity contribution in [3.63, 3.8) is 0 Å². The highest BCUT2D eigenvalue weighted by molar-refractivity contribution is 5.92. The SMILES string of the molecule is CC(C)CCOC(=O)c1cccc2c1Cc1ccccc1O2. The number of hydrogen-bond acceptors (Lipinski definition) is 3. The van der Waals surface area contributed by atoms with E-state index in [-0.39, 0.29) is 5.97 Å². The van der Waals surface area contributed by atoms with Gasteiger partial charge >= 0.3 is 5.97 Å². The van der Waals surface area contributed by atoms with E-state index < -0.39 is 0 Å². The molecule has 3 rings (SSSR count). The number of benzene rings is 2. The first-order chi connectivity index (χ1) is 10.6. The molecule has 0 radical (unpaired) electrons. The molecule has 2 aromatic carbocycles. The lowest BCUT2D eigenvalue weighted by molar-refractivity contribution is 0.0486. The summed E-state index contributed by atoms with van der Waals surface area (Å²) in [5.74, 6) is 1.87. The molecule has 0 saturated carbocycles. The molecule has 0 aliphatic carbocycles. The predicted octanol–water partition coefficient (Wildman–Crippen LogP) is 4.59. The molecule has 0 amide bonds. The first-order valence-corrected chi connectivity index (χ1v) is 7.70. The van der Waals surface area contributed by atoms with Gasteiger partial charge in [0.05, 0.1) is 12.2 Å². The van der Waals surface area contributed by atoms with Gasteiger partial charge in [0, 0.05) is 12.0 Å². The first-order valence-electron chi connectivity index (χ1n) is 7.70. The second-order valence-corrected chi connectivity index (χ2v) is 5.99. The number of para-hydroxylation sites is 1. The Labute approximate surface area is 130 Å². The lowest BCUT2D eigenvalue weighted by atomic mass is 9.96. The van der Waals surface area contributed by atoms with E-state index in [0.717, 1.165) is 29.0 Å². The fourth-order valence-electron chi connectivity index (χ4n) is 2.56. The van der Waals surface area contributed by atoms with Crippen molar-refractivity contribution in [2.45, 2.75) is 26.7 Å². The molecule has 0 atom stereocenters. The van der Waals surface area contributed by atoms with Crippen molar-refractivity contribution in [3.8, 4) is 11.5 Å². The summed E-state index contributed by atoms with van der Waals surface area (Å²) >= 11 is 0. The number of esters is 1. The normalized spacial score (nSPS) is 12.3. The summed E-state index contributed by atoms with van der Waals surface area (Å²) in [7, 11) is 0. The van der Waals surface area contributed by atoms with Crippen LogP contribution in [-0.4, -0.2) is 12.6 Å². The zero-order chi connectivity index (χ0) is 15.5. The standard InChI is InChI=1S/C19H20O3/c1-13(2)10-11-21-19(20)15-7-5-9-18-16(15)12-14-6-3-4-8-17(14)22-18/h3-9,13H,10-12H2,1-2H3. The fraction of sp³-hybridized carbons (Fsp3) is 0.316. The second kappa shape index (κ2) is 6.22. The van der Waals surface area contributed by atoms with E-state index in [1.807, 2.05) is 42.5 Å². The highest BCUT2D eigenvalue weighted by atomic mass is 16.5. The molecule has 22 heavy (non-hydrogen) atoms. The van der Waals surface area contributed by atoms with Crippen molar-refractivity contribution in [2.75, 3.05) is 6.61 Å².